The second-order valence-corrected chi connectivity index (χ2v) is 4.62. The number of nitrogens with two attached hydrogens (primary N) is 1. The Morgan fingerprint density at radius 2 is 1.50 bits per heavy atom. The minimum Gasteiger partial charge on any atom is -0.378 e. The lowest BCUT2D eigenvalue weighted by atomic mass is 10.2. The standard InChI is InChI=1S/C15H18N4O/c1-19(2)14-9-7-12(8-10-14)17-15(20)11-3-5-13(18-16)6-4-11/h3-10,18H,16H2,1-2H3,(H,17,20). The van der Waals surface area contributed by atoms with E-state index in [1.54, 1.807) is 24.3 Å². The number of amides is 1. The second kappa shape index (κ2) is 6.08. The summed E-state index contributed by atoms with van der Waals surface area (Å²) < 4.78 is 0. The second-order valence-electron chi connectivity index (χ2n) is 4.62. The van der Waals surface area contributed by atoms with E-state index in [9.17, 15) is 4.79 Å². The van der Waals surface area contributed by atoms with Gasteiger partial charge in [0.1, 0.15) is 0 Å². The maximum absolute atomic E-state index is 12.1. The summed E-state index contributed by atoms with van der Waals surface area (Å²) >= 11 is 0. The zero-order valence-corrected chi connectivity index (χ0v) is 11.6. The van der Waals surface area contributed by atoms with Gasteiger partial charge < -0.3 is 15.6 Å². The molecular weight excluding hydrogens is 252 g/mol. The molecule has 5 nitrogen and oxygen atoms in total. The van der Waals surface area contributed by atoms with Crippen molar-refractivity contribution in [2.45, 2.75) is 0 Å². The lowest BCUT2D eigenvalue weighted by Gasteiger charge is -2.13. The average Bonchev–Trinajstić information content (AvgIpc) is 2.48. The number of carbonyl (C=O) groups excluding carboxylic acids is 1. The fraction of sp³-hybridized carbons (Fsp3) is 0.133. The monoisotopic (exact) mass is 270 g/mol. The SMILES string of the molecule is CN(C)c1ccc(NC(=O)c2ccc(NN)cc2)cc1. The number of hydrazine groups is 1. The van der Waals surface area contributed by atoms with Gasteiger partial charge in [-0.25, -0.2) is 0 Å². The van der Waals surface area contributed by atoms with E-state index in [2.05, 4.69) is 10.7 Å². The van der Waals surface area contributed by atoms with E-state index in [0.717, 1.165) is 17.1 Å². The Morgan fingerprint density at radius 3 is 2.00 bits per heavy atom. The van der Waals surface area contributed by atoms with Crippen molar-refractivity contribution >= 4 is 23.0 Å². The number of nitrogens with one attached hydrogen (secondary N) is 2. The van der Waals surface area contributed by atoms with E-state index in [4.69, 9.17) is 5.84 Å². The molecule has 104 valence electrons. The molecule has 1 amide bonds. The maximum Gasteiger partial charge on any atom is 0.255 e. The molecule has 0 aliphatic rings. The van der Waals surface area contributed by atoms with Crippen LogP contribution in [0, 0.1) is 0 Å². The van der Waals surface area contributed by atoms with Crippen molar-refractivity contribution in [1.29, 1.82) is 0 Å². The largest absolute Gasteiger partial charge is 0.378 e. The Labute approximate surface area is 118 Å². The van der Waals surface area contributed by atoms with Crippen molar-refractivity contribution in [3.8, 4) is 0 Å². The molecule has 4 N–H and O–H groups in total. The third kappa shape index (κ3) is 3.27. The van der Waals surface area contributed by atoms with Crippen LogP contribution in [0.5, 0.6) is 0 Å². The highest BCUT2D eigenvalue weighted by atomic mass is 16.1. The minimum absolute atomic E-state index is 0.147. The molecule has 0 bridgehead atoms. The average molecular weight is 270 g/mol. The van der Waals surface area contributed by atoms with Crippen molar-refractivity contribution in [3.63, 3.8) is 0 Å². The summed E-state index contributed by atoms with van der Waals surface area (Å²) in [4.78, 5) is 14.1. The Bertz CT molecular complexity index is 576. The van der Waals surface area contributed by atoms with Gasteiger partial charge >= 0.3 is 0 Å². The molecular formula is C15H18N4O. The summed E-state index contributed by atoms with van der Waals surface area (Å²) in [6.45, 7) is 0. The molecule has 0 aliphatic carbocycles. The minimum atomic E-state index is -0.147. The van der Waals surface area contributed by atoms with Gasteiger partial charge in [-0.15, -0.1) is 0 Å². The molecule has 0 saturated heterocycles. The molecule has 0 aliphatic heterocycles. The molecule has 0 radical (unpaired) electrons. The number of rotatable bonds is 4. The van der Waals surface area contributed by atoms with Crippen LogP contribution < -0.4 is 21.5 Å². The van der Waals surface area contributed by atoms with E-state index in [0.29, 0.717) is 5.56 Å². The van der Waals surface area contributed by atoms with E-state index >= 15 is 0 Å². The molecule has 0 heterocycles. The zero-order chi connectivity index (χ0) is 14.5. The number of anilines is 3. The number of hydrogen-bond donors (Lipinski definition) is 3. The molecule has 0 fully saturated rings. The highest BCUT2D eigenvalue weighted by Gasteiger charge is 2.06. The van der Waals surface area contributed by atoms with Crippen molar-refractivity contribution < 1.29 is 4.79 Å². The van der Waals surface area contributed by atoms with Crippen LogP contribution in [-0.4, -0.2) is 20.0 Å². The Morgan fingerprint density at radius 1 is 0.950 bits per heavy atom. The lowest BCUT2D eigenvalue weighted by Crippen LogP contribution is -2.13. The van der Waals surface area contributed by atoms with Crippen LogP contribution in [0.4, 0.5) is 17.1 Å². The van der Waals surface area contributed by atoms with Crippen LogP contribution in [0.15, 0.2) is 48.5 Å². The van der Waals surface area contributed by atoms with Gasteiger partial charge in [0.25, 0.3) is 5.91 Å². The first-order chi connectivity index (χ1) is 9.60. The normalized spacial score (nSPS) is 9.95. The quantitative estimate of drug-likeness (QED) is 0.589. The maximum atomic E-state index is 12.1. The summed E-state index contributed by atoms with van der Waals surface area (Å²) in [7, 11) is 3.95. The summed E-state index contributed by atoms with van der Waals surface area (Å²) in [6.07, 6.45) is 0. The number of carbonyl (C=O) groups is 1. The first-order valence-corrected chi connectivity index (χ1v) is 6.25. The van der Waals surface area contributed by atoms with Gasteiger partial charge in [0.15, 0.2) is 0 Å². The van der Waals surface area contributed by atoms with Crippen LogP contribution in [0.3, 0.4) is 0 Å². The molecule has 2 aromatic rings. The molecule has 20 heavy (non-hydrogen) atoms. The summed E-state index contributed by atoms with van der Waals surface area (Å²) in [5.74, 6) is 5.14. The van der Waals surface area contributed by atoms with Gasteiger partial charge in [-0.1, -0.05) is 0 Å². The predicted molar refractivity (Wildman–Crippen MR) is 83.0 cm³/mol. The predicted octanol–water partition coefficient (Wildman–Crippen LogP) is 2.29. The molecule has 0 saturated carbocycles. The number of benzene rings is 2. The fourth-order valence-corrected chi connectivity index (χ4v) is 1.76. The Hall–Kier alpha value is -2.53. The highest BCUT2D eigenvalue weighted by molar-refractivity contribution is 6.04. The van der Waals surface area contributed by atoms with Gasteiger partial charge in [-0.3, -0.25) is 10.6 Å². The fourth-order valence-electron chi connectivity index (χ4n) is 1.76. The van der Waals surface area contributed by atoms with Crippen LogP contribution in [0.25, 0.3) is 0 Å². The van der Waals surface area contributed by atoms with E-state index in [1.165, 1.54) is 0 Å². The first kappa shape index (κ1) is 13.9. The van der Waals surface area contributed by atoms with Gasteiger partial charge in [0.05, 0.1) is 0 Å². The first-order valence-electron chi connectivity index (χ1n) is 6.25. The van der Waals surface area contributed by atoms with Crippen molar-refractivity contribution in [1.82, 2.24) is 0 Å². The van der Waals surface area contributed by atoms with Crippen molar-refractivity contribution in [2.24, 2.45) is 5.84 Å². The molecule has 2 rings (SSSR count). The summed E-state index contributed by atoms with van der Waals surface area (Å²) in [5, 5.41) is 2.85. The molecule has 5 heteroatoms. The number of nitrogens with zero attached hydrogens (tertiary/aromatic N) is 1. The van der Waals surface area contributed by atoms with Gasteiger partial charge in [0, 0.05) is 36.7 Å². The Kier molecular flexibility index (Phi) is 4.22. The van der Waals surface area contributed by atoms with Gasteiger partial charge in [0.2, 0.25) is 0 Å². The van der Waals surface area contributed by atoms with Crippen LogP contribution in [0.1, 0.15) is 10.4 Å². The highest BCUT2D eigenvalue weighted by Crippen LogP contribution is 2.17. The third-order valence-electron chi connectivity index (χ3n) is 2.96. The van der Waals surface area contributed by atoms with E-state index in [-0.39, 0.29) is 5.91 Å². The Balaban J connectivity index is 2.06. The van der Waals surface area contributed by atoms with Crippen molar-refractivity contribution in [3.05, 3.63) is 54.1 Å². The molecule has 0 spiro atoms. The van der Waals surface area contributed by atoms with Crippen LogP contribution in [0.2, 0.25) is 0 Å². The van der Waals surface area contributed by atoms with Gasteiger partial charge in [-0.05, 0) is 48.5 Å². The molecule has 0 aromatic heterocycles. The zero-order valence-electron chi connectivity index (χ0n) is 11.6. The molecule has 0 unspecified atom stereocenters. The summed E-state index contributed by atoms with van der Waals surface area (Å²) in [6, 6.07) is 14.6. The molecule has 2 aromatic carbocycles. The topological polar surface area (TPSA) is 70.4 Å². The van der Waals surface area contributed by atoms with E-state index < -0.39 is 0 Å². The smallest absolute Gasteiger partial charge is 0.255 e. The number of hydrogen-bond acceptors (Lipinski definition) is 4. The number of nitrogen functional groups attached to an aromatic ring is 1. The summed E-state index contributed by atoms with van der Waals surface area (Å²) in [5.41, 5.74) is 5.72. The van der Waals surface area contributed by atoms with Gasteiger partial charge in [-0.2, -0.15) is 0 Å². The van der Waals surface area contributed by atoms with Crippen LogP contribution >= 0.6 is 0 Å². The lowest BCUT2D eigenvalue weighted by molar-refractivity contribution is 0.102. The third-order valence-corrected chi connectivity index (χ3v) is 2.96. The molecule has 0 atom stereocenters. The van der Waals surface area contributed by atoms with E-state index in [1.807, 2.05) is 43.3 Å². The van der Waals surface area contributed by atoms with Crippen LogP contribution in [-0.2, 0) is 0 Å². The van der Waals surface area contributed by atoms with Crippen molar-refractivity contribution in [2.75, 3.05) is 29.7 Å².